The average Bonchev–Trinajstić information content (AvgIpc) is 2.85. The third-order valence-corrected chi connectivity index (χ3v) is 4.77. The summed E-state index contributed by atoms with van der Waals surface area (Å²) in [7, 11) is 1.94. The summed E-state index contributed by atoms with van der Waals surface area (Å²) in [6.07, 6.45) is 11.4. The molecule has 0 bridgehead atoms. The molecule has 3 rings (SSSR count). The zero-order valence-electron chi connectivity index (χ0n) is 11.7. The molecule has 1 N–H and O–H groups in total. The number of aliphatic hydroxyl groups excluding tert-OH is 1. The van der Waals surface area contributed by atoms with Crippen LogP contribution in [0.15, 0.2) is 12.5 Å². The second-order valence-corrected chi connectivity index (χ2v) is 6.25. The highest BCUT2D eigenvalue weighted by Gasteiger charge is 2.41. The highest BCUT2D eigenvalue weighted by atomic mass is 16.5. The highest BCUT2D eigenvalue weighted by Crippen LogP contribution is 2.43. The quantitative estimate of drug-likeness (QED) is 0.893. The van der Waals surface area contributed by atoms with E-state index in [2.05, 4.69) is 4.98 Å². The summed E-state index contributed by atoms with van der Waals surface area (Å²) in [5, 5.41) is 10.5. The van der Waals surface area contributed by atoms with Gasteiger partial charge in [-0.1, -0.05) is 19.3 Å². The van der Waals surface area contributed by atoms with Gasteiger partial charge in [-0.25, -0.2) is 4.98 Å². The van der Waals surface area contributed by atoms with Gasteiger partial charge in [0, 0.05) is 19.9 Å². The van der Waals surface area contributed by atoms with Crippen LogP contribution in [0, 0.1) is 5.92 Å². The van der Waals surface area contributed by atoms with Crippen molar-refractivity contribution in [2.75, 3.05) is 6.61 Å². The lowest BCUT2D eigenvalue weighted by Gasteiger charge is -2.44. The van der Waals surface area contributed by atoms with E-state index in [9.17, 15) is 5.11 Å². The summed E-state index contributed by atoms with van der Waals surface area (Å²) < 4.78 is 7.99. The Labute approximate surface area is 114 Å². The van der Waals surface area contributed by atoms with Gasteiger partial charge >= 0.3 is 0 Å². The van der Waals surface area contributed by atoms with E-state index < -0.39 is 6.10 Å². The standard InChI is InChI=1S/C15H24N2O2/c1-17-10-13(16-11-17)14(18)12-5-8-19-15(9-12)6-3-2-4-7-15/h10-12,14,18H,2-9H2,1H3. The van der Waals surface area contributed by atoms with E-state index in [1.165, 1.54) is 32.1 Å². The molecule has 2 heterocycles. The zero-order valence-corrected chi connectivity index (χ0v) is 11.7. The lowest BCUT2D eigenvalue weighted by Crippen LogP contribution is -2.42. The van der Waals surface area contributed by atoms with E-state index in [1.807, 2.05) is 17.8 Å². The zero-order chi connectivity index (χ0) is 13.3. The van der Waals surface area contributed by atoms with E-state index in [4.69, 9.17) is 4.74 Å². The fraction of sp³-hybridized carbons (Fsp3) is 0.800. The maximum absolute atomic E-state index is 10.5. The van der Waals surface area contributed by atoms with Crippen LogP contribution in [0.3, 0.4) is 0 Å². The van der Waals surface area contributed by atoms with Crippen LogP contribution in [-0.4, -0.2) is 26.9 Å². The first-order chi connectivity index (χ1) is 9.19. The van der Waals surface area contributed by atoms with Crippen LogP contribution in [0.1, 0.15) is 56.7 Å². The van der Waals surface area contributed by atoms with E-state index in [0.717, 1.165) is 25.1 Å². The fourth-order valence-corrected chi connectivity index (χ4v) is 3.71. The first-order valence-corrected chi connectivity index (χ1v) is 7.48. The minimum Gasteiger partial charge on any atom is -0.386 e. The normalized spacial score (nSPS) is 28.4. The Bertz CT molecular complexity index is 418. The van der Waals surface area contributed by atoms with Gasteiger partial charge in [0.1, 0.15) is 6.10 Å². The van der Waals surface area contributed by atoms with Crippen LogP contribution in [0.2, 0.25) is 0 Å². The maximum Gasteiger partial charge on any atom is 0.100 e. The van der Waals surface area contributed by atoms with Crippen molar-refractivity contribution in [2.45, 2.75) is 56.7 Å². The summed E-state index contributed by atoms with van der Waals surface area (Å²) in [6.45, 7) is 0.786. The number of aryl methyl sites for hydroxylation is 1. The van der Waals surface area contributed by atoms with Crippen LogP contribution < -0.4 is 0 Å². The van der Waals surface area contributed by atoms with Gasteiger partial charge in [0.2, 0.25) is 0 Å². The molecule has 1 aromatic heterocycles. The number of nitrogens with zero attached hydrogens (tertiary/aromatic N) is 2. The van der Waals surface area contributed by atoms with Crippen molar-refractivity contribution in [1.82, 2.24) is 9.55 Å². The van der Waals surface area contributed by atoms with Gasteiger partial charge in [0.15, 0.2) is 0 Å². The molecule has 4 nitrogen and oxygen atoms in total. The van der Waals surface area contributed by atoms with Crippen LogP contribution in [0.25, 0.3) is 0 Å². The number of aliphatic hydroxyl groups is 1. The van der Waals surface area contributed by atoms with Crippen molar-refractivity contribution in [3.63, 3.8) is 0 Å². The molecule has 4 heteroatoms. The number of imidazole rings is 1. The molecule has 0 aromatic carbocycles. The Morgan fingerprint density at radius 1 is 1.42 bits per heavy atom. The Kier molecular flexibility index (Phi) is 3.63. The molecule has 106 valence electrons. The number of hydrogen-bond donors (Lipinski definition) is 1. The number of hydrogen-bond acceptors (Lipinski definition) is 3. The smallest absolute Gasteiger partial charge is 0.100 e. The predicted octanol–water partition coefficient (Wildman–Crippen LogP) is 2.58. The Morgan fingerprint density at radius 2 is 2.21 bits per heavy atom. The largest absolute Gasteiger partial charge is 0.386 e. The van der Waals surface area contributed by atoms with E-state index in [1.54, 1.807) is 6.33 Å². The van der Waals surface area contributed by atoms with Gasteiger partial charge in [-0.3, -0.25) is 0 Å². The maximum atomic E-state index is 10.5. The molecular formula is C15H24N2O2. The number of aromatic nitrogens is 2. The molecule has 1 saturated carbocycles. The molecular weight excluding hydrogens is 240 g/mol. The lowest BCUT2D eigenvalue weighted by molar-refractivity contribution is -0.134. The Morgan fingerprint density at radius 3 is 2.89 bits per heavy atom. The number of rotatable bonds is 2. The molecule has 1 aliphatic heterocycles. The average molecular weight is 264 g/mol. The molecule has 0 radical (unpaired) electrons. The fourth-order valence-electron chi connectivity index (χ4n) is 3.71. The van der Waals surface area contributed by atoms with E-state index in [-0.39, 0.29) is 5.60 Å². The van der Waals surface area contributed by atoms with Gasteiger partial charge in [-0.2, -0.15) is 0 Å². The SMILES string of the molecule is Cn1cnc(C(O)C2CCOC3(CCCCC3)C2)c1. The molecule has 2 unspecified atom stereocenters. The molecule has 1 spiro atoms. The molecule has 1 saturated heterocycles. The van der Waals surface area contributed by atoms with Gasteiger partial charge in [0.05, 0.1) is 17.6 Å². The van der Waals surface area contributed by atoms with Crippen molar-refractivity contribution < 1.29 is 9.84 Å². The summed E-state index contributed by atoms with van der Waals surface area (Å²) in [4.78, 5) is 4.30. The van der Waals surface area contributed by atoms with Crippen LogP contribution >= 0.6 is 0 Å². The van der Waals surface area contributed by atoms with Gasteiger partial charge in [0.25, 0.3) is 0 Å². The number of ether oxygens (including phenoxy) is 1. The summed E-state index contributed by atoms with van der Waals surface area (Å²) in [5.74, 6) is 0.293. The first-order valence-electron chi connectivity index (χ1n) is 7.48. The van der Waals surface area contributed by atoms with Crippen molar-refractivity contribution in [2.24, 2.45) is 13.0 Å². The topological polar surface area (TPSA) is 47.3 Å². The molecule has 1 aromatic rings. The molecule has 2 atom stereocenters. The van der Waals surface area contributed by atoms with Gasteiger partial charge in [-0.15, -0.1) is 0 Å². The second-order valence-electron chi connectivity index (χ2n) is 6.25. The summed E-state index contributed by atoms with van der Waals surface area (Å²) in [5.41, 5.74) is 0.858. The van der Waals surface area contributed by atoms with Crippen molar-refractivity contribution >= 4 is 0 Å². The van der Waals surface area contributed by atoms with Crippen molar-refractivity contribution in [3.05, 3.63) is 18.2 Å². The van der Waals surface area contributed by atoms with Crippen LogP contribution in [0.4, 0.5) is 0 Å². The first kappa shape index (κ1) is 13.1. The monoisotopic (exact) mass is 264 g/mol. The van der Waals surface area contributed by atoms with Gasteiger partial charge < -0.3 is 14.4 Å². The van der Waals surface area contributed by atoms with E-state index in [0.29, 0.717) is 5.92 Å². The summed E-state index contributed by atoms with van der Waals surface area (Å²) in [6, 6.07) is 0. The molecule has 19 heavy (non-hydrogen) atoms. The second kappa shape index (κ2) is 5.25. The third-order valence-electron chi connectivity index (χ3n) is 4.77. The van der Waals surface area contributed by atoms with Crippen LogP contribution in [-0.2, 0) is 11.8 Å². The van der Waals surface area contributed by atoms with Crippen molar-refractivity contribution in [1.29, 1.82) is 0 Å². The molecule has 1 aliphatic carbocycles. The van der Waals surface area contributed by atoms with Crippen LogP contribution in [0.5, 0.6) is 0 Å². The van der Waals surface area contributed by atoms with Gasteiger partial charge in [-0.05, 0) is 31.6 Å². The summed E-state index contributed by atoms with van der Waals surface area (Å²) >= 11 is 0. The Hall–Kier alpha value is -0.870. The molecule has 0 amide bonds. The van der Waals surface area contributed by atoms with Crippen molar-refractivity contribution in [3.8, 4) is 0 Å². The minimum absolute atomic E-state index is 0.0525. The molecule has 2 aliphatic rings. The highest BCUT2D eigenvalue weighted by molar-refractivity contribution is 5.04. The molecule has 2 fully saturated rings. The lowest BCUT2D eigenvalue weighted by atomic mass is 9.74. The minimum atomic E-state index is -0.441. The van der Waals surface area contributed by atoms with E-state index >= 15 is 0 Å². The predicted molar refractivity (Wildman–Crippen MR) is 72.7 cm³/mol. The third kappa shape index (κ3) is 2.70. The Balaban J connectivity index is 1.70.